The SMILES string of the molecule is C=CCOc1ccc(/C=C/C(=O)N(C)C2(C#N)CCC2)cc1OC. The lowest BCUT2D eigenvalue weighted by Gasteiger charge is -2.42. The Balaban J connectivity index is 2.09. The predicted molar refractivity (Wildman–Crippen MR) is 92.7 cm³/mol. The van der Waals surface area contributed by atoms with Crippen LogP contribution in [-0.4, -0.2) is 37.1 Å². The van der Waals surface area contributed by atoms with Gasteiger partial charge in [-0.2, -0.15) is 5.26 Å². The Morgan fingerprint density at radius 1 is 1.46 bits per heavy atom. The fourth-order valence-corrected chi connectivity index (χ4v) is 2.58. The number of methoxy groups -OCH3 is 1. The fraction of sp³-hybridized carbons (Fsp3) is 0.368. The highest BCUT2D eigenvalue weighted by Gasteiger charge is 2.42. The van der Waals surface area contributed by atoms with Crippen molar-refractivity contribution in [1.82, 2.24) is 4.90 Å². The minimum atomic E-state index is -0.637. The summed E-state index contributed by atoms with van der Waals surface area (Å²) in [6, 6.07) is 7.69. The van der Waals surface area contributed by atoms with E-state index in [-0.39, 0.29) is 5.91 Å². The lowest BCUT2D eigenvalue weighted by Crippen LogP contribution is -2.52. The zero-order valence-electron chi connectivity index (χ0n) is 14.1. The smallest absolute Gasteiger partial charge is 0.247 e. The molecular weight excluding hydrogens is 304 g/mol. The van der Waals surface area contributed by atoms with Gasteiger partial charge in [-0.05, 0) is 43.0 Å². The van der Waals surface area contributed by atoms with Crippen LogP contribution in [0.3, 0.4) is 0 Å². The topological polar surface area (TPSA) is 62.6 Å². The van der Waals surface area contributed by atoms with Gasteiger partial charge in [-0.25, -0.2) is 0 Å². The number of ether oxygens (including phenoxy) is 2. The van der Waals surface area contributed by atoms with Gasteiger partial charge in [0.25, 0.3) is 0 Å². The highest BCUT2D eigenvalue weighted by Crippen LogP contribution is 2.36. The van der Waals surface area contributed by atoms with Gasteiger partial charge < -0.3 is 14.4 Å². The van der Waals surface area contributed by atoms with Crippen LogP contribution in [0.25, 0.3) is 6.08 Å². The molecule has 1 aliphatic carbocycles. The van der Waals surface area contributed by atoms with Crippen LogP contribution in [0.15, 0.2) is 36.9 Å². The van der Waals surface area contributed by atoms with Crippen LogP contribution in [0.1, 0.15) is 24.8 Å². The second-order valence-electron chi connectivity index (χ2n) is 5.74. The van der Waals surface area contributed by atoms with Gasteiger partial charge in [0.05, 0.1) is 13.2 Å². The summed E-state index contributed by atoms with van der Waals surface area (Å²) in [5, 5.41) is 9.31. The van der Waals surface area contributed by atoms with E-state index in [2.05, 4.69) is 12.6 Å². The Hall–Kier alpha value is -2.74. The van der Waals surface area contributed by atoms with Gasteiger partial charge in [-0.1, -0.05) is 18.7 Å². The van der Waals surface area contributed by atoms with E-state index in [1.165, 1.54) is 11.0 Å². The minimum absolute atomic E-state index is 0.179. The lowest BCUT2D eigenvalue weighted by atomic mass is 9.76. The van der Waals surface area contributed by atoms with Crippen LogP contribution in [0.2, 0.25) is 0 Å². The molecule has 1 saturated carbocycles. The van der Waals surface area contributed by atoms with Crippen molar-refractivity contribution in [2.75, 3.05) is 20.8 Å². The van der Waals surface area contributed by atoms with Crippen molar-refractivity contribution >= 4 is 12.0 Å². The summed E-state index contributed by atoms with van der Waals surface area (Å²) in [4.78, 5) is 13.8. The summed E-state index contributed by atoms with van der Waals surface area (Å²) < 4.78 is 10.8. The zero-order chi connectivity index (χ0) is 17.6. The molecular formula is C19H22N2O3. The number of hydrogen-bond acceptors (Lipinski definition) is 4. The van der Waals surface area contributed by atoms with E-state index in [9.17, 15) is 10.1 Å². The molecule has 24 heavy (non-hydrogen) atoms. The number of carbonyl (C=O) groups excluding carboxylic acids is 1. The molecule has 1 aromatic rings. The number of nitriles is 1. The summed E-state index contributed by atoms with van der Waals surface area (Å²) in [7, 11) is 3.25. The molecule has 1 fully saturated rings. The largest absolute Gasteiger partial charge is 0.493 e. The summed E-state index contributed by atoms with van der Waals surface area (Å²) >= 11 is 0. The van der Waals surface area contributed by atoms with Crippen LogP contribution >= 0.6 is 0 Å². The molecule has 1 aliphatic rings. The second-order valence-corrected chi connectivity index (χ2v) is 5.74. The standard InChI is InChI=1S/C19H22N2O3/c1-4-12-24-16-8-6-15(13-17(16)23-3)7-9-18(22)21(2)19(14-20)10-5-11-19/h4,6-9,13H,1,5,10-12H2,2-3H3/b9-7+. The van der Waals surface area contributed by atoms with E-state index < -0.39 is 5.54 Å². The Bertz CT molecular complexity index is 684. The molecule has 1 aromatic carbocycles. The quantitative estimate of drug-likeness (QED) is 0.570. The molecule has 1 amide bonds. The van der Waals surface area contributed by atoms with Gasteiger partial charge in [0, 0.05) is 13.1 Å². The van der Waals surface area contributed by atoms with Crippen molar-refractivity contribution < 1.29 is 14.3 Å². The van der Waals surface area contributed by atoms with Crippen molar-refractivity contribution in [3.8, 4) is 17.6 Å². The van der Waals surface area contributed by atoms with E-state index >= 15 is 0 Å². The number of carbonyl (C=O) groups is 1. The predicted octanol–water partition coefficient (Wildman–Crippen LogP) is 3.18. The molecule has 0 aromatic heterocycles. The summed E-state index contributed by atoms with van der Waals surface area (Å²) in [5.41, 5.74) is 0.181. The molecule has 0 radical (unpaired) electrons. The molecule has 0 spiro atoms. The highest BCUT2D eigenvalue weighted by atomic mass is 16.5. The first-order valence-corrected chi connectivity index (χ1v) is 7.85. The zero-order valence-corrected chi connectivity index (χ0v) is 14.1. The van der Waals surface area contributed by atoms with Crippen molar-refractivity contribution in [3.05, 3.63) is 42.5 Å². The third-order valence-electron chi connectivity index (χ3n) is 4.32. The third-order valence-corrected chi connectivity index (χ3v) is 4.32. The number of amides is 1. The van der Waals surface area contributed by atoms with Crippen molar-refractivity contribution in [2.24, 2.45) is 0 Å². The number of benzene rings is 1. The lowest BCUT2D eigenvalue weighted by molar-refractivity contribution is -0.130. The molecule has 0 bridgehead atoms. The van der Waals surface area contributed by atoms with Crippen LogP contribution < -0.4 is 9.47 Å². The monoisotopic (exact) mass is 326 g/mol. The van der Waals surface area contributed by atoms with Crippen LogP contribution in [0.5, 0.6) is 11.5 Å². The fourth-order valence-electron chi connectivity index (χ4n) is 2.58. The minimum Gasteiger partial charge on any atom is -0.493 e. The highest BCUT2D eigenvalue weighted by molar-refractivity contribution is 5.92. The molecule has 0 heterocycles. The maximum atomic E-state index is 12.3. The normalized spacial score (nSPS) is 15.2. The summed E-state index contributed by atoms with van der Waals surface area (Å²) in [6.07, 6.45) is 7.32. The molecule has 126 valence electrons. The van der Waals surface area contributed by atoms with Gasteiger partial charge in [0.1, 0.15) is 12.1 Å². The summed E-state index contributed by atoms with van der Waals surface area (Å²) in [5.74, 6) is 1.03. The average molecular weight is 326 g/mol. The number of likely N-dealkylation sites (N-methyl/N-ethyl adjacent to an activating group) is 1. The molecule has 0 atom stereocenters. The molecule has 5 heteroatoms. The molecule has 0 N–H and O–H groups in total. The van der Waals surface area contributed by atoms with Crippen molar-refractivity contribution in [3.63, 3.8) is 0 Å². The van der Waals surface area contributed by atoms with Crippen molar-refractivity contribution in [1.29, 1.82) is 5.26 Å². The molecule has 0 aliphatic heterocycles. The van der Waals surface area contributed by atoms with E-state index in [0.29, 0.717) is 18.1 Å². The Kier molecular flexibility index (Phi) is 5.64. The van der Waals surface area contributed by atoms with E-state index in [4.69, 9.17) is 9.47 Å². The first-order chi connectivity index (χ1) is 11.6. The van der Waals surface area contributed by atoms with Gasteiger partial charge in [-0.15, -0.1) is 0 Å². The van der Waals surface area contributed by atoms with Gasteiger partial charge in [0.2, 0.25) is 5.91 Å². The van der Waals surface area contributed by atoms with Crippen LogP contribution in [0.4, 0.5) is 0 Å². The summed E-state index contributed by atoms with van der Waals surface area (Å²) in [6.45, 7) is 4.00. The Morgan fingerprint density at radius 3 is 2.75 bits per heavy atom. The number of nitrogens with zero attached hydrogens (tertiary/aromatic N) is 2. The molecule has 0 unspecified atom stereocenters. The number of hydrogen-bond donors (Lipinski definition) is 0. The average Bonchev–Trinajstić information content (AvgIpc) is 2.57. The molecule has 0 saturated heterocycles. The number of rotatable bonds is 7. The Morgan fingerprint density at radius 2 is 2.21 bits per heavy atom. The first-order valence-electron chi connectivity index (χ1n) is 7.85. The van der Waals surface area contributed by atoms with E-state index in [1.54, 1.807) is 38.4 Å². The molecule has 2 rings (SSSR count). The maximum absolute atomic E-state index is 12.3. The van der Waals surface area contributed by atoms with Crippen molar-refractivity contribution in [2.45, 2.75) is 24.8 Å². The van der Waals surface area contributed by atoms with Crippen LogP contribution in [0, 0.1) is 11.3 Å². The second kappa shape index (κ2) is 7.69. The third kappa shape index (κ3) is 3.60. The van der Waals surface area contributed by atoms with Crippen LogP contribution in [-0.2, 0) is 4.79 Å². The van der Waals surface area contributed by atoms with Gasteiger partial charge in [-0.3, -0.25) is 4.79 Å². The van der Waals surface area contributed by atoms with Gasteiger partial charge in [0.15, 0.2) is 11.5 Å². The Labute approximate surface area is 142 Å². The molecule has 5 nitrogen and oxygen atoms in total. The maximum Gasteiger partial charge on any atom is 0.247 e. The van der Waals surface area contributed by atoms with E-state index in [1.807, 2.05) is 6.07 Å². The first kappa shape index (κ1) is 17.6. The van der Waals surface area contributed by atoms with E-state index in [0.717, 1.165) is 24.8 Å². The van der Waals surface area contributed by atoms with Gasteiger partial charge >= 0.3 is 0 Å².